The molecular weight excluding hydrogens is 265 g/mol. The van der Waals surface area contributed by atoms with Gasteiger partial charge in [0.05, 0.1) is 0 Å². The topological polar surface area (TPSA) is 69.6 Å². The summed E-state index contributed by atoms with van der Waals surface area (Å²) in [6.07, 6.45) is -4.34. The van der Waals surface area contributed by atoms with Crippen LogP contribution in [-0.2, 0) is 9.59 Å². The quantitative estimate of drug-likeness (QED) is 0.658. The summed E-state index contributed by atoms with van der Waals surface area (Å²) in [5.41, 5.74) is 0. The first kappa shape index (κ1) is 17.7. The number of halogens is 3. The summed E-state index contributed by atoms with van der Waals surface area (Å²) < 4.78 is 36.6. The van der Waals surface area contributed by atoms with Crippen molar-refractivity contribution >= 4 is 11.9 Å². The molecule has 0 spiro atoms. The van der Waals surface area contributed by atoms with E-state index in [-0.39, 0.29) is 12.5 Å². The highest BCUT2D eigenvalue weighted by Crippen LogP contribution is 2.17. The van der Waals surface area contributed by atoms with Crippen molar-refractivity contribution in [2.45, 2.75) is 38.9 Å². The minimum Gasteiger partial charge on any atom is -0.480 e. The van der Waals surface area contributed by atoms with Gasteiger partial charge in [-0.1, -0.05) is 13.8 Å². The summed E-state index contributed by atoms with van der Waals surface area (Å²) in [7, 11) is 0. The van der Waals surface area contributed by atoms with E-state index in [0.717, 1.165) is 0 Å². The lowest BCUT2D eigenvalue weighted by molar-refractivity contribution is -0.165. The van der Waals surface area contributed by atoms with Gasteiger partial charge in [-0.25, -0.2) is 0 Å². The number of carbonyl (C=O) groups is 2. The van der Waals surface area contributed by atoms with Crippen LogP contribution in [0, 0.1) is 0 Å². The highest BCUT2D eigenvalue weighted by molar-refractivity contribution is 5.81. The largest absolute Gasteiger partial charge is 0.480 e. The number of amides is 1. The van der Waals surface area contributed by atoms with Gasteiger partial charge in [-0.05, 0) is 13.0 Å². The molecule has 0 aromatic heterocycles. The third-order valence-electron chi connectivity index (χ3n) is 2.17. The Morgan fingerprint density at radius 1 is 1.32 bits per heavy atom. The molecule has 0 heterocycles. The monoisotopic (exact) mass is 284 g/mol. The Labute approximate surface area is 109 Å². The van der Waals surface area contributed by atoms with Crippen LogP contribution in [0.25, 0.3) is 0 Å². The Kier molecular flexibility index (Phi) is 7.43. The summed E-state index contributed by atoms with van der Waals surface area (Å²) >= 11 is 0. The van der Waals surface area contributed by atoms with Crippen LogP contribution in [0.4, 0.5) is 13.2 Å². The van der Waals surface area contributed by atoms with E-state index in [2.05, 4.69) is 5.32 Å². The number of carbonyl (C=O) groups excluding carboxylic acids is 1. The second-order valence-corrected chi connectivity index (χ2v) is 4.47. The molecule has 112 valence electrons. The number of nitrogens with one attached hydrogen (secondary N) is 1. The van der Waals surface area contributed by atoms with E-state index in [0.29, 0.717) is 17.9 Å². The van der Waals surface area contributed by atoms with Crippen LogP contribution in [0.15, 0.2) is 0 Å². The molecule has 0 saturated heterocycles. The third-order valence-corrected chi connectivity index (χ3v) is 2.17. The first-order chi connectivity index (χ1) is 8.61. The molecule has 0 radical (unpaired) electrons. The smallest absolute Gasteiger partial charge is 0.406 e. The van der Waals surface area contributed by atoms with Gasteiger partial charge in [-0.15, -0.1) is 0 Å². The molecule has 0 aliphatic heterocycles. The van der Waals surface area contributed by atoms with Gasteiger partial charge in [0.2, 0.25) is 5.91 Å². The van der Waals surface area contributed by atoms with Crippen LogP contribution >= 0.6 is 0 Å². The van der Waals surface area contributed by atoms with Gasteiger partial charge in [0, 0.05) is 12.5 Å². The minimum absolute atomic E-state index is 0.108. The molecular formula is C11H19F3N2O3. The highest BCUT2D eigenvalue weighted by Gasteiger charge is 2.33. The lowest BCUT2D eigenvalue weighted by atomic mass is 10.2. The first-order valence-corrected chi connectivity index (χ1v) is 5.91. The van der Waals surface area contributed by atoms with E-state index in [9.17, 15) is 22.8 Å². The maximum Gasteiger partial charge on any atom is 0.406 e. The molecule has 0 aromatic carbocycles. The van der Waals surface area contributed by atoms with Crippen molar-refractivity contribution in [3.05, 3.63) is 0 Å². The molecule has 0 aromatic rings. The summed E-state index contributed by atoms with van der Waals surface area (Å²) in [4.78, 5) is 22.3. The number of rotatable bonds is 8. The normalized spacial score (nSPS) is 11.7. The number of alkyl halides is 3. The van der Waals surface area contributed by atoms with Crippen LogP contribution in [0.1, 0.15) is 26.7 Å². The zero-order valence-electron chi connectivity index (χ0n) is 11.0. The van der Waals surface area contributed by atoms with Crippen molar-refractivity contribution in [2.24, 2.45) is 0 Å². The lowest BCUT2D eigenvalue weighted by Gasteiger charge is -2.22. The standard InChI is InChI=1S/C11H19F3N2O3/c1-8(2)15-5-3-4-9(17)16(6-10(18)19)7-11(12,13)14/h8,15H,3-7H2,1-2H3,(H,18,19). The lowest BCUT2D eigenvalue weighted by Crippen LogP contribution is -2.42. The third kappa shape index (κ3) is 10.3. The Morgan fingerprint density at radius 2 is 1.89 bits per heavy atom. The highest BCUT2D eigenvalue weighted by atomic mass is 19.4. The van der Waals surface area contributed by atoms with E-state index >= 15 is 0 Å². The van der Waals surface area contributed by atoms with Crippen LogP contribution in [-0.4, -0.2) is 53.7 Å². The molecule has 0 aliphatic rings. The Bertz CT molecular complexity index is 306. The van der Waals surface area contributed by atoms with Crippen LogP contribution in [0.5, 0.6) is 0 Å². The van der Waals surface area contributed by atoms with E-state index < -0.39 is 31.1 Å². The molecule has 1 amide bonds. The second-order valence-electron chi connectivity index (χ2n) is 4.47. The number of hydrogen-bond acceptors (Lipinski definition) is 3. The first-order valence-electron chi connectivity index (χ1n) is 5.91. The summed E-state index contributed by atoms with van der Waals surface area (Å²) in [6, 6.07) is 0.223. The zero-order valence-corrected chi connectivity index (χ0v) is 11.0. The van der Waals surface area contributed by atoms with Crippen molar-refractivity contribution in [1.82, 2.24) is 10.2 Å². The molecule has 0 rings (SSSR count). The fraction of sp³-hybridized carbons (Fsp3) is 0.818. The average Bonchev–Trinajstić information content (AvgIpc) is 2.20. The van der Waals surface area contributed by atoms with Gasteiger partial charge in [-0.2, -0.15) is 13.2 Å². The van der Waals surface area contributed by atoms with Crippen LogP contribution in [0.2, 0.25) is 0 Å². The van der Waals surface area contributed by atoms with Gasteiger partial charge >= 0.3 is 12.1 Å². The Balaban J connectivity index is 4.26. The number of carboxylic acids is 1. The summed E-state index contributed by atoms with van der Waals surface area (Å²) in [6.45, 7) is 1.84. The van der Waals surface area contributed by atoms with E-state index in [1.807, 2.05) is 13.8 Å². The van der Waals surface area contributed by atoms with Crippen molar-refractivity contribution in [1.29, 1.82) is 0 Å². The van der Waals surface area contributed by atoms with Crippen molar-refractivity contribution in [3.63, 3.8) is 0 Å². The molecule has 0 fully saturated rings. The molecule has 5 nitrogen and oxygen atoms in total. The molecule has 2 N–H and O–H groups in total. The van der Waals surface area contributed by atoms with Gasteiger partial charge < -0.3 is 15.3 Å². The number of carboxylic acid groups (broad SMARTS) is 1. The number of hydrogen-bond donors (Lipinski definition) is 2. The van der Waals surface area contributed by atoms with Crippen molar-refractivity contribution < 1.29 is 27.9 Å². The molecule has 0 bridgehead atoms. The second kappa shape index (κ2) is 7.98. The molecule has 0 saturated carbocycles. The van der Waals surface area contributed by atoms with E-state index in [1.165, 1.54) is 0 Å². The minimum atomic E-state index is -4.60. The fourth-order valence-electron chi connectivity index (χ4n) is 1.40. The maximum absolute atomic E-state index is 12.2. The van der Waals surface area contributed by atoms with Gasteiger partial charge in [0.25, 0.3) is 0 Å². The number of aliphatic carboxylic acids is 1. The van der Waals surface area contributed by atoms with Crippen molar-refractivity contribution in [2.75, 3.05) is 19.6 Å². The molecule has 8 heteroatoms. The van der Waals surface area contributed by atoms with Gasteiger partial charge in [0.1, 0.15) is 13.1 Å². The van der Waals surface area contributed by atoms with Crippen molar-refractivity contribution in [3.8, 4) is 0 Å². The predicted molar refractivity (Wildman–Crippen MR) is 62.6 cm³/mol. The summed E-state index contributed by atoms with van der Waals surface area (Å²) in [5, 5.41) is 11.5. The average molecular weight is 284 g/mol. The van der Waals surface area contributed by atoms with E-state index in [1.54, 1.807) is 0 Å². The van der Waals surface area contributed by atoms with Crippen LogP contribution < -0.4 is 5.32 Å². The SMILES string of the molecule is CC(C)NCCCC(=O)N(CC(=O)O)CC(F)(F)F. The van der Waals surface area contributed by atoms with Gasteiger partial charge in [0.15, 0.2) is 0 Å². The summed E-state index contributed by atoms with van der Waals surface area (Å²) in [5.74, 6) is -2.26. The maximum atomic E-state index is 12.2. The molecule has 0 unspecified atom stereocenters. The van der Waals surface area contributed by atoms with Gasteiger partial charge in [-0.3, -0.25) is 9.59 Å². The fourth-order valence-corrected chi connectivity index (χ4v) is 1.40. The molecule has 0 aliphatic carbocycles. The molecule has 0 atom stereocenters. The predicted octanol–water partition coefficient (Wildman–Crippen LogP) is 1.24. The Hall–Kier alpha value is -1.31. The molecule has 19 heavy (non-hydrogen) atoms. The Morgan fingerprint density at radius 3 is 2.32 bits per heavy atom. The zero-order chi connectivity index (χ0) is 15.1. The van der Waals surface area contributed by atoms with Crippen LogP contribution in [0.3, 0.4) is 0 Å². The van der Waals surface area contributed by atoms with E-state index in [4.69, 9.17) is 5.11 Å². The number of nitrogens with zero attached hydrogens (tertiary/aromatic N) is 1.